The minimum Gasteiger partial charge on any atom is -0.483 e. The molecule has 0 fully saturated rings. The molecule has 3 N–H and O–H groups in total. The summed E-state index contributed by atoms with van der Waals surface area (Å²) in [4.78, 5) is 11.2. The summed E-state index contributed by atoms with van der Waals surface area (Å²) in [7, 11) is 0. The number of nitrogens with one attached hydrogen (secondary N) is 1. The zero-order chi connectivity index (χ0) is 14.5. The van der Waals surface area contributed by atoms with E-state index in [4.69, 9.17) is 10.5 Å². The fraction of sp³-hybridized carbons (Fsp3) is 0.417. The largest absolute Gasteiger partial charge is 0.483 e. The van der Waals surface area contributed by atoms with E-state index in [1.807, 2.05) is 0 Å². The summed E-state index contributed by atoms with van der Waals surface area (Å²) >= 11 is 0. The fourth-order valence-corrected chi connectivity index (χ4v) is 1.38. The number of para-hydroxylation sites is 1. The van der Waals surface area contributed by atoms with Gasteiger partial charge in [0, 0.05) is 11.6 Å². The average Bonchev–Trinajstić information content (AvgIpc) is 2.33. The quantitative estimate of drug-likeness (QED) is 0.861. The minimum absolute atomic E-state index is 0.297. The molecular formula is C12H15F3N2O2. The van der Waals surface area contributed by atoms with E-state index in [0.717, 1.165) is 0 Å². The molecule has 19 heavy (non-hydrogen) atoms. The lowest BCUT2D eigenvalue weighted by atomic mass is 10.1. The molecule has 106 valence electrons. The molecule has 0 aliphatic carbocycles. The van der Waals surface area contributed by atoms with E-state index in [2.05, 4.69) is 0 Å². The van der Waals surface area contributed by atoms with Crippen molar-refractivity contribution < 1.29 is 22.7 Å². The van der Waals surface area contributed by atoms with Gasteiger partial charge in [0.2, 0.25) is 0 Å². The highest BCUT2D eigenvalue weighted by molar-refractivity contribution is 5.77. The first-order chi connectivity index (χ1) is 8.79. The number of halogens is 3. The van der Waals surface area contributed by atoms with Gasteiger partial charge >= 0.3 is 6.18 Å². The summed E-state index contributed by atoms with van der Waals surface area (Å²) in [6.07, 6.45) is -4.43. The summed E-state index contributed by atoms with van der Waals surface area (Å²) in [5.74, 6) is -0.448. The number of nitrogens with two attached hydrogens (primary N) is 1. The molecule has 0 radical (unpaired) electrons. The van der Waals surface area contributed by atoms with Crippen molar-refractivity contribution in [2.24, 2.45) is 5.73 Å². The monoisotopic (exact) mass is 276 g/mol. The number of carbonyl (C=O) groups excluding carboxylic acids is 1. The number of alkyl halides is 3. The van der Waals surface area contributed by atoms with Gasteiger partial charge in [-0.15, -0.1) is 0 Å². The first-order valence-electron chi connectivity index (χ1n) is 5.60. The van der Waals surface area contributed by atoms with Crippen molar-refractivity contribution in [3.8, 4) is 5.75 Å². The molecule has 1 amide bonds. The van der Waals surface area contributed by atoms with Crippen molar-refractivity contribution in [1.29, 1.82) is 0 Å². The van der Waals surface area contributed by atoms with Crippen molar-refractivity contribution in [3.63, 3.8) is 0 Å². The van der Waals surface area contributed by atoms with E-state index >= 15 is 0 Å². The maximum absolute atomic E-state index is 11.9. The summed E-state index contributed by atoms with van der Waals surface area (Å²) in [5.41, 5.74) is 6.39. The van der Waals surface area contributed by atoms with Gasteiger partial charge in [-0.25, -0.2) is 0 Å². The molecule has 1 rings (SSSR count). The predicted molar refractivity (Wildman–Crippen MR) is 63.6 cm³/mol. The molecule has 0 unspecified atom stereocenters. The lowest BCUT2D eigenvalue weighted by molar-refractivity contribution is -0.139. The molecule has 1 aromatic rings. The molecule has 7 heteroatoms. The van der Waals surface area contributed by atoms with Crippen molar-refractivity contribution in [1.82, 2.24) is 5.32 Å². The maximum atomic E-state index is 11.9. The van der Waals surface area contributed by atoms with Crippen LogP contribution in [0.15, 0.2) is 24.3 Å². The molecule has 0 heterocycles. The van der Waals surface area contributed by atoms with E-state index in [1.165, 1.54) is 0 Å². The van der Waals surface area contributed by atoms with E-state index in [9.17, 15) is 18.0 Å². The van der Waals surface area contributed by atoms with Crippen LogP contribution in [0.3, 0.4) is 0 Å². The second-order valence-electron chi connectivity index (χ2n) is 4.01. The van der Waals surface area contributed by atoms with E-state index in [1.54, 1.807) is 36.5 Å². The zero-order valence-corrected chi connectivity index (χ0v) is 10.3. The van der Waals surface area contributed by atoms with Crippen LogP contribution in [0, 0.1) is 0 Å². The van der Waals surface area contributed by atoms with Crippen LogP contribution in [0.4, 0.5) is 13.2 Å². The summed E-state index contributed by atoms with van der Waals surface area (Å²) in [6.45, 7) is -0.115. The highest BCUT2D eigenvalue weighted by Crippen LogP contribution is 2.22. The Labute approximate surface area is 108 Å². The predicted octanol–water partition coefficient (Wildman–Crippen LogP) is 1.76. The van der Waals surface area contributed by atoms with Crippen molar-refractivity contribution in [3.05, 3.63) is 29.8 Å². The number of hydrogen-bond acceptors (Lipinski definition) is 3. The Kier molecular flexibility index (Phi) is 5.17. The van der Waals surface area contributed by atoms with Gasteiger partial charge in [0.15, 0.2) is 6.61 Å². The van der Waals surface area contributed by atoms with Crippen molar-refractivity contribution in [2.75, 3.05) is 13.2 Å². The van der Waals surface area contributed by atoms with Gasteiger partial charge in [0.1, 0.15) is 12.3 Å². The summed E-state index contributed by atoms with van der Waals surface area (Å²) in [6, 6.07) is 6.49. The number of hydrogen-bond donors (Lipinski definition) is 2. The first-order valence-corrected chi connectivity index (χ1v) is 5.60. The average molecular weight is 276 g/mol. The third-order valence-corrected chi connectivity index (χ3v) is 2.25. The van der Waals surface area contributed by atoms with Gasteiger partial charge in [0.05, 0.1) is 0 Å². The number of rotatable bonds is 5. The van der Waals surface area contributed by atoms with Crippen LogP contribution in [0.5, 0.6) is 5.75 Å². The second-order valence-corrected chi connectivity index (χ2v) is 4.01. The van der Waals surface area contributed by atoms with Gasteiger partial charge < -0.3 is 15.8 Å². The number of carbonyl (C=O) groups is 1. The molecular weight excluding hydrogens is 261 g/mol. The Morgan fingerprint density at radius 1 is 1.42 bits per heavy atom. The van der Waals surface area contributed by atoms with Crippen LogP contribution in [0.2, 0.25) is 0 Å². The highest BCUT2D eigenvalue weighted by Gasteiger charge is 2.27. The number of amides is 1. The Hall–Kier alpha value is -1.76. The molecule has 4 nitrogen and oxygen atoms in total. The Morgan fingerprint density at radius 3 is 2.63 bits per heavy atom. The lowest BCUT2D eigenvalue weighted by Gasteiger charge is -2.14. The second kappa shape index (κ2) is 6.42. The Balaban J connectivity index is 2.51. The zero-order valence-electron chi connectivity index (χ0n) is 10.3. The molecule has 1 atom stereocenters. The smallest absolute Gasteiger partial charge is 0.405 e. The SMILES string of the molecule is C[C@H](N)c1ccccc1OCC(=O)NCC(F)(F)F. The van der Waals surface area contributed by atoms with Crippen LogP contribution in [0.25, 0.3) is 0 Å². The lowest BCUT2D eigenvalue weighted by Crippen LogP contribution is -2.36. The molecule has 0 saturated carbocycles. The topological polar surface area (TPSA) is 64.3 Å². The molecule has 0 aliphatic rings. The maximum Gasteiger partial charge on any atom is 0.405 e. The molecule has 0 aliphatic heterocycles. The van der Waals surface area contributed by atoms with Gasteiger partial charge in [-0.05, 0) is 13.0 Å². The number of benzene rings is 1. The van der Waals surface area contributed by atoms with Gasteiger partial charge in [-0.2, -0.15) is 13.2 Å². The van der Waals surface area contributed by atoms with Gasteiger partial charge in [0.25, 0.3) is 5.91 Å². The van der Waals surface area contributed by atoms with Crippen molar-refractivity contribution >= 4 is 5.91 Å². The van der Waals surface area contributed by atoms with E-state index < -0.39 is 25.2 Å². The first kappa shape index (κ1) is 15.3. The van der Waals surface area contributed by atoms with Crippen LogP contribution in [-0.2, 0) is 4.79 Å². The van der Waals surface area contributed by atoms with E-state index in [-0.39, 0.29) is 6.04 Å². The fourth-order valence-electron chi connectivity index (χ4n) is 1.38. The standard InChI is InChI=1S/C12H15F3N2O2/c1-8(16)9-4-2-3-5-10(9)19-6-11(18)17-7-12(13,14)15/h2-5,8H,6-7,16H2,1H3,(H,17,18)/t8-/m0/s1. The third kappa shape index (κ3) is 5.60. The molecule has 0 aromatic heterocycles. The molecule has 1 aromatic carbocycles. The van der Waals surface area contributed by atoms with Crippen LogP contribution >= 0.6 is 0 Å². The number of ether oxygens (including phenoxy) is 1. The van der Waals surface area contributed by atoms with Gasteiger partial charge in [-0.3, -0.25) is 4.79 Å². The highest BCUT2D eigenvalue weighted by atomic mass is 19.4. The summed E-state index contributed by atoms with van der Waals surface area (Å²) < 4.78 is 40.8. The Morgan fingerprint density at radius 2 is 2.05 bits per heavy atom. The molecule has 0 bridgehead atoms. The van der Waals surface area contributed by atoms with Crippen molar-refractivity contribution in [2.45, 2.75) is 19.1 Å². The minimum atomic E-state index is -4.43. The molecule has 0 saturated heterocycles. The normalized spacial score (nSPS) is 12.9. The Bertz CT molecular complexity index is 433. The van der Waals surface area contributed by atoms with Crippen LogP contribution < -0.4 is 15.8 Å². The molecule has 0 spiro atoms. The van der Waals surface area contributed by atoms with Crippen LogP contribution in [-0.4, -0.2) is 25.2 Å². The third-order valence-electron chi connectivity index (χ3n) is 2.25. The van der Waals surface area contributed by atoms with E-state index in [0.29, 0.717) is 11.3 Å². The van der Waals surface area contributed by atoms with Gasteiger partial charge in [-0.1, -0.05) is 18.2 Å². The van der Waals surface area contributed by atoms with Crippen LogP contribution in [0.1, 0.15) is 18.5 Å². The summed E-state index contributed by atoms with van der Waals surface area (Å²) in [5, 5.41) is 1.72.